The van der Waals surface area contributed by atoms with Gasteiger partial charge in [-0.1, -0.05) is 6.92 Å². The van der Waals surface area contributed by atoms with E-state index in [2.05, 4.69) is 9.88 Å². The highest BCUT2D eigenvalue weighted by Gasteiger charge is 2.34. The first-order chi connectivity index (χ1) is 9.63. The monoisotopic (exact) mass is 292 g/mol. The normalized spacial score (nSPS) is 23.2. The van der Waals surface area contributed by atoms with Crippen LogP contribution in [0, 0.1) is 11.8 Å². The molecule has 0 aliphatic carbocycles. The van der Waals surface area contributed by atoms with Crippen molar-refractivity contribution in [3.8, 4) is 10.8 Å². The van der Waals surface area contributed by atoms with Crippen molar-refractivity contribution in [1.29, 1.82) is 0 Å². The van der Waals surface area contributed by atoms with Gasteiger partial charge in [-0.3, -0.25) is 9.69 Å². The van der Waals surface area contributed by atoms with Crippen LogP contribution < -0.4 is 0 Å². The summed E-state index contributed by atoms with van der Waals surface area (Å²) < 4.78 is 5.33. The van der Waals surface area contributed by atoms with Gasteiger partial charge in [0.25, 0.3) is 0 Å². The average molecular weight is 292 g/mol. The minimum Gasteiger partial charge on any atom is -0.481 e. The molecule has 1 aliphatic heterocycles. The van der Waals surface area contributed by atoms with Crippen molar-refractivity contribution in [2.45, 2.75) is 13.5 Å². The van der Waals surface area contributed by atoms with Gasteiger partial charge in [-0.25, -0.2) is 4.98 Å². The number of likely N-dealkylation sites (tertiary alicyclic amines) is 1. The van der Waals surface area contributed by atoms with Crippen LogP contribution in [0.1, 0.15) is 12.6 Å². The average Bonchev–Trinajstić information content (AvgIpc) is 3.09. The molecule has 3 rings (SSSR count). The maximum Gasteiger partial charge on any atom is 0.308 e. The molecule has 0 saturated carbocycles. The highest BCUT2D eigenvalue weighted by Crippen LogP contribution is 2.27. The van der Waals surface area contributed by atoms with Crippen LogP contribution in [0.2, 0.25) is 0 Å². The number of nitrogens with zero attached hydrogens (tertiary/aromatic N) is 2. The van der Waals surface area contributed by atoms with Crippen LogP contribution in [-0.2, 0) is 11.3 Å². The van der Waals surface area contributed by atoms with Gasteiger partial charge in [0.05, 0.1) is 17.9 Å². The topological polar surface area (TPSA) is 66.6 Å². The summed E-state index contributed by atoms with van der Waals surface area (Å²) in [6.07, 6.45) is 1.63. The molecule has 1 saturated heterocycles. The number of hydrogen-bond acceptors (Lipinski definition) is 5. The number of furan rings is 1. The standard InChI is InChI=1S/C14H16N2O3S/c1-9-5-16(7-11(9)14(17)18)6-10-8-20-13(15-10)12-3-2-4-19-12/h2-4,8-9,11H,5-7H2,1H3,(H,17,18)/t9-,11-/m1/s1. The zero-order valence-corrected chi connectivity index (χ0v) is 12.0. The molecule has 0 bridgehead atoms. The number of carboxylic acid groups (broad SMARTS) is 1. The third-order valence-corrected chi connectivity index (χ3v) is 4.58. The Balaban J connectivity index is 1.66. The Morgan fingerprint density at radius 1 is 1.60 bits per heavy atom. The summed E-state index contributed by atoms with van der Waals surface area (Å²) >= 11 is 1.55. The molecule has 1 aliphatic rings. The van der Waals surface area contributed by atoms with Gasteiger partial charge < -0.3 is 9.52 Å². The van der Waals surface area contributed by atoms with Gasteiger partial charge in [0.1, 0.15) is 0 Å². The van der Waals surface area contributed by atoms with Crippen LogP contribution in [-0.4, -0.2) is 34.0 Å². The summed E-state index contributed by atoms with van der Waals surface area (Å²) in [6, 6.07) is 3.73. The van der Waals surface area contributed by atoms with E-state index in [-0.39, 0.29) is 11.8 Å². The Labute approximate surface area is 120 Å². The van der Waals surface area contributed by atoms with E-state index in [0.29, 0.717) is 13.1 Å². The minimum atomic E-state index is -0.699. The summed E-state index contributed by atoms with van der Waals surface area (Å²) in [7, 11) is 0. The van der Waals surface area contributed by atoms with E-state index in [9.17, 15) is 4.79 Å². The van der Waals surface area contributed by atoms with E-state index in [1.54, 1.807) is 17.6 Å². The van der Waals surface area contributed by atoms with Crippen LogP contribution in [0.3, 0.4) is 0 Å². The maximum absolute atomic E-state index is 11.1. The van der Waals surface area contributed by atoms with Gasteiger partial charge in [0.15, 0.2) is 10.8 Å². The summed E-state index contributed by atoms with van der Waals surface area (Å²) in [5.41, 5.74) is 0.972. The van der Waals surface area contributed by atoms with Gasteiger partial charge in [0, 0.05) is 25.0 Å². The second-order valence-electron chi connectivity index (χ2n) is 5.24. The molecular formula is C14H16N2O3S. The molecule has 6 heteroatoms. The fourth-order valence-electron chi connectivity index (χ4n) is 2.64. The highest BCUT2D eigenvalue weighted by atomic mass is 32.1. The number of carbonyl (C=O) groups is 1. The largest absolute Gasteiger partial charge is 0.481 e. The lowest BCUT2D eigenvalue weighted by molar-refractivity contribution is -0.142. The van der Waals surface area contributed by atoms with Gasteiger partial charge in [-0.15, -0.1) is 11.3 Å². The molecule has 3 heterocycles. The summed E-state index contributed by atoms with van der Waals surface area (Å²) in [4.78, 5) is 17.8. The second kappa shape index (κ2) is 5.38. The Kier molecular flexibility index (Phi) is 3.58. The molecule has 1 N–H and O–H groups in total. The third kappa shape index (κ3) is 2.62. The van der Waals surface area contributed by atoms with E-state index in [0.717, 1.165) is 23.0 Å². The Hall–Kier alpha value is -1.66. The van der Waals surface area contributed by atoms with Crippen molar-refractivity contribution in [2.75, 3.05) is 13.1 Å². The first kappa shape index (κ1) is 13.3. The van der Waals surface area contributed by atoms with Crippen LogP contribution in [0.5, 0.6) is 0 Å². The smallest absolute Gasteiger partial charge is 0.308 e. The van der Waals surface area contributed by atoms with Crippen molar-refractivity contribution >= 4 is 17.3 Å². The molecule has 2 aromatic heterocycles. The quantitative estimate of drug-likeness (QED) is 0.938. The van der Waals surface area contributed by atoms with Crippen molar-refractivity contribution in [1.82, 2.24) is 9.88 Å². The highest BCUT2D eigenvalue weighted by molar-refractivity contribution is 7.13. The molecular weight excluding hydrogens is 276 g/mol. The third-order valence-electron chi connectivity index (χ3n) is 3.67. The lowest BCUT2D eigenvalue weighted by atomic mass is 9.99. The van der Waals surface area contributed by atoms with Gasteiger partial charge in [-0.05, 0) is 18.1 Å². The second-order valence-corrected chi connectivity index (χ2v) is 6.10. The molecule has 2 aromatic rings. The van der Waals surface area contributed by atoms with Crippen molar-refractivity contribution in [3.05, 3.63) is 29.5 Å². The molecule has 5 nitrogen and oxygen atoms in total. The van der Waals surface area contributed by atoms with E-state index in [1.165, 1.54) is 0 Å². The van der Waals surface area contributed by atoms with Crippen molar-refractivity contribution in [3.63, 3.8) is 0 Å². The van der Waals surface area contributed by atoms with Gasteiger partial charge >= 0.3 is 5.97 Å². The van der Waals surface area contributed by atoms with E-state index < -0.39 is 5.97 Å². The van der Waals surface area contributed by atoms with Crippen LogP contribution in [0.25, 0.3) is 10.8 Å². The molecule has 0 radical (unpaired) electrons. The number of hydrogen-bond donors (Lipinski definition) is 1. The molecule has 1 fully saturated rings. The molecule has 2 atom stereocenters. The van der Waals surface area contributed by atoms with Crippen LogP contribution in [0.4, 0.5) is 0 Å². The van der Waals surface area contributed by atoms with Gasteiger partial charge in [-0.2, -0.15) is 0 Å². The fraction of sp³-hybridized carbons (Fsp3) is 0.429. The fourth-order valence-corrected chi connectivity index (χ4v) is 3.42. The molecule has 0 unspecified atom stereocenters. The Morgan fingerprint density at radius 2 is 2.45 bits per heavy atom. The lowest BCUT2D eigenvalue weighted by Crippen LogP contribution is -2.23. The van der Waals surface area contributed by atoms with E-state index >= 15 is 0 Å². The first-order valence-corrected chi connectivity index (χ1v) is 7.45. The minimum absolute atomic E-state index is 0.190. The predicted octanol–water partition coefficient (Wildman–Crippen LogP) is 2.56. The molecule has 20 heavy (non-hydrogen) atoms. The molecule has 106 valence electrons. The number of aromatic nitrogens is 1. The zero-order valence-electron chi connectivity index (χ0n) is 11.2. The Bertz CT molecular complexity index is 593. The first-order valence-electron chi connectivity index (χ1n) is 6.57. The lowest BCUT2D eigenvalue weighted by Gasteiger charge is -2.12. The molecule has 0 amide bonds. The van der Waals surface area contributed by atoms with Gasteiger partial charge in [0.2, 0.25) is 0 Å². The van der Waals surface area contributed by atoms with Crippen molar-refractivity contribution < 1.29 is 14.3 Å². The SMILES string of the molecule is C[C@@H]1CN(Cc2csc(-c3ccco3)n2)C[C@H]1C(=O)O. The van der Waals surface area contributed by atoms with E-state index in [1.807, 2.05) is 24.4 Å². The number of carboxylic acids is 1. The zero-order chi connectivity index (χ0) is 14.1. The maximum atomic E-state index is 11.1. The summed E-state index contributed by atoms with van der Waals surface area (Å²) in [6.45, 7) is 4.11. The summed E-state index contributed by atoms with van der Waals surface area (Å²) in [5.74, 6) is 0.00265. The summed E-state index contributed by atoms with van der Waals surface area (Å²) in [5, 5.41) is 12.0. The number of rotatable bonds is 4. The van der Waals surface area contributed by atoms with E-state index in [4.69, 9.17) is 9.52 Å². The van der Waals surface area contributed by atoms with Crippen LogP contribution in [0.15, 0.2) is 28.2 Å². The number of thiazole rings is 1. The predicted molar refractivity (Wildman–Crippen MR) is 75.4 cm³/mol. The molecule has 0 aromatic carbocycles. The Morgan fingerprint density at radius 3 is 3.10 bits per heavy atom. The number of aliphatic carboxylic acids is 1. The van der Waals surface area contributed by atoms with Crippen molar-refractivity contribution in [2.24, 2.45) is 11.8 Å². The van der Waals surface area contributed by atoms with Crippen LogP contribution >= 0.6 is 11.3 Å². The molecule has 0 spiro atoms.